The van der Waals surface area contributed by atoms with Crippen molar-refractivity contribution in [2.24, 2.45) is 0 Å². The molecule has 102 valence electrons. The van der Waals surface area contributed by atoms with Crippen LogP contribution in [0.4, 0.5) is 0 Å². The van der Waals surface area contributed by atoms with Crippen molar-refractivity contribution in [1.82, 2.24) is 0 Å². The zero-order valence-corrected chi connectivity index (χ0v) is 11.8. The Morgan fingerprint density at radius 1 is 1.25 bits per heavy atom. The summed E-state index contributed by atoms with van der Waals surface area (Å²) in [5.41, 5.74) is 4.49. The number of hydrogen-bond donors (Lipinski definition) is 0. The molecule has 2 heteroatoms. The highest BCUT2D eigenvalue weighted by molar-refractivity contribution is 5.99. The summed E-state index contributed by atoms with van der Waals surface area (Å²) >= 11 is 0. The fourth-order valence-electron chi connectivity index (χ4n) is 2.92. The molecule has 0 saturated heterocycles. The fraction of sp³-hybridized carbons (Fsp3) is 0.278. The zero-order valence-electron chi connectivity index (χ0n) is 11.8. The molecule has 0 saturated carbocycles. The van der Waals surface area contributed by atoms with E-state index in [1.54, 1.807) is 7.11 Å². The van der Waals surface area contributed by atoms with Gasteiger partial charge in [0, 0.05) is 6.42 Å². The number of ether oxygens (including phenoxy) is 1. The minimum atomic E-state index is 0.171. The molecule has 2 nitrogen and oxygen atoms in total. The van der Waals surface area contributed by atoms with E-state index >= 15 is 0 Å². The molecule has 1 aliphatic carbocycles. The van der Waals surface area contributed by atoms with Crippen LogP contribution in [0.25, 0.3) is 0 Å². The molecular formula is C18H18O2. The van der Waals surface area contributed by atoms with Gasteiger partial charge in [0.25, 0.3) is 0 Å². The number of ketones is 1. The van der Waals surface area contributed by atoms with Crippen molar-refractivity contribution < 1.29 is 9.53 Å². The van der Waals surface area contributed by atoms with E-state index in [2.05, 4.69) is 18.2 Å². The quantitative estimate of drug-likeness (QED) is 0.784. The Morgan fingerprint density at radius 2 is 2.05 bits per heavy atom. The maximum absolute atomic E-state index is 12.5. The number of Topliss-reactive ketones (excluding diaryl/α,β-unsaturated/α-hetero) is 1. The van der Waals surface area contributed by atoms with Crippen molar-refractivity contribution >= 4 is 5.78 Å². The lowest BCUT2D eigenvalue weighted by atomic mass is 9.74. The lowest BCUT2D eigenvalue weighted by molar-refractivity contribution is 0.0967. The summed E-state index contributed by atoms with van der Waals surface area (Å²) in [6, 6.07) is 14.1. The number of carbonyl (C=O) groups is 1. The summed E-state index contributed by atoms with van der Waals surface area (Å²) in [6.07, 6.45) is 1.58. The van der Waals surface area contributed by atoms with Crippen LogP contribution in [0.1, 0.15) is 39.4 Å². The molecule has 2 aromatic rings. The van der Waals surface area contributed by atoms with Crippen molar-refractivity contribution in [3.63, 3.8) is 0 Å². The number of fused-ring (bicyclic) bond motifs is 1. The number of benzene rings is 2. The molecule has 20 heavy (non-hydrogen) atoms. The molecule has 0 N–H and O–H groups in total. The van der Waals surface area contributed by atoms with Gasteiger partial charge in [-0.05, 0) is 42.5 Å². The van der Waals surface area contributed by atoms with Crippen molar-refractivity contribution in [2.75, 3.05) is 7.11 Å². The minimum Gasteiger partial charge on any atom is -0.496 e. The third-order valence-corrected chi connectivity index (χ3v) is 4.05. The molecule has 1 aliphatic rings. The number of hydrogen-bond acceptors (Lipinski definition) is 2. The Kier molecular flexibility index (Phi) is 3.31. The highest BCUT2D eigenvalue weighted by atomic mass is 16.5. The molecule has 0 aliphatic heterocycles. The van der Waals surface area contributed by atoms with Gasteiger partial charge in [-0.1, -0.05) is 35.9 Å². The first kappa shape index (κ1) is 12.9. The van der Waals surface area contributed by atoms with Gasteiger partial charge in [0.15, 0.2) is 5.78 Å². The second-order valence-corrected chi connectivity index (χ2v) is 5.43. The van der Waals surface area contributed by atoms with Crippen molar-refractivity contribution in [3.05, 3.63) is 64.7 Å². The Labute approximate surface area is 119 Å². The second kappa shape index (κ2) is 5.12. The highest BCUT2D eigenvalue weighted by Gasteiger charge is 2.28. The molecule has 0 fully saturated rings. The lowest BCUT2D eigenvalue weighted by Gasteiger charge is -2.29. The average molecular weight is 266 g/mol. The van der Waals surface area contributed by atoms with Crippen LogP contribution in [0.5, 0.6) is 5.75 Å². The Balaban J connectivity index is 1.80. The SMILES string of the molecule is COc1ccc(C)cc1C(=O)CC1Cc2ccccc21. The van der Waals surface area contributed by atoms with E-state index in [1.807, 2.05) is 31.2 Å². The van der Waals surface area contributed by atoms with Crippen molar-refractivity contribution in [3.8, 4) is 5.75 Å². The van der Waals surface area contributed by atoms with E-state index in [-0.39, 0.29) is 5.78 Å². The average Bonchev–Trinajstić information content (AvgIpc) is 2.44. The van der Waals surface area contributed by atoms with Crippen LogP contribution in [-0.4, -0.2) is 12.9 Å². The van der Waals surface area contributed by atoms with Crippen LogP contribution in [0, 0.1) is 6.92 Å². The smallest absolute Gasteiger partial charge is 0.167 e. The van der Waals surface area contributed by atoms with Gasteiger partial charge in [-0.15, -0.1) is 0 Å². The molecule has 0 amide bonds. The summed E-state index contributed by atoms with van der Waals surface area (Å²) in [6.45, 7) is 1.99. The minimum absolute atomic E-state index is 0.171. The van der Waals surface area contributed by atoms with E-state index in [4.69, 9.17) is 4.74 Å². The molecule has 0 spiro atoms. The van der Waals surface area contributed by atoms with Crippen LogP contribution in [-0.2, 0) is 6.42 Å². The van der Waals surface area contributed by atoms with Gasteiger partial charge in [0.2, 0.25) is 0 Å². The van der Waals surface area contributed by atoms with Crippen molar-refractivity contribution in [1.29, 1.82) is 0 Å². The van der Waals surface area contributed by atoms with E-state index < -0.39 is 0 Å². The zero-order chi connectivity index (χ0) is 14.1. The van der Waals surface area contributed by atoms with Gasteiger partial charge in [0.05, 0.1) is 12.7 Å². The van der Waals surface area contributed by atoms with Gasteiger partial charge in [-0.25, -0.2) is 0 Å². The molecule has 3 rings (SSSR count). The third-order valence-electron chi connectivity index (χ3n) is 4.05. The maximum Gasteiger partial charge on any atom is 0.167 e. The van der Waals surface area contributed by atoms with Crippen molar-refractivity contribution in [2.45, 2.75) is 25.7 Å². The second-order valence-electron chi connectivity index (χ2n) is 5.43. The van der Waals surface area contributed by atoms with Gasteiger partial charge < -0.3 is 4.74 Å². The maximum atomic E-state index is 12.5. The first-order valence-electron chi connectivity index (χ1n) is 6.94. The summed E-state index contributed by atoms with van der Waals surface area (Å²) in [4.78, 5) is 12.5. The Bertz CT molecular complexity index is 658. The standard InChI is InChI=1S/C18H18O2/c1-12-7-8-18(20-2)16(9-12)17(19)11-14-10-13-5-3-4-6-15(13)14/h3-9,14H,10-11H2,1-2H3. The highest BCUT2D eigenvalue weighted by Crippen LogP contribution is 2.38. The van der Waals surface area contributed by atoms with Crippen LogP contribution >= 0.6 is 0 Å². The summed E-state index contributed by atoms with van der Waals surface area (Å²) < 4.78 is 5.30. The molecule has 0 aromatic heterocycles. The predicted octanol–water partition coefficient (Wildman–Crippen LogP) is 3.92. The summed E-state index contributed by atoms with van der Waals surface area (Å²) in [5, 5.41) is 0. The van der Waals surface area contributed by atoms with Gasteiger partial charge in [0.1, 0.15) is 5.75 Å². The Hall–Kier alpha value is -2.09. The van der Waals surface area contributed by atoms with Crippen LogP contribution in [0.3, 0.4) is 0 Å². The molecule has 1 atom stereocenters. The molecule has 0 radical (unpaired) electrons. The Morgan fingerprint density at radius 3 is 2.80 bits per heavy atom. The van der Waals surface area contributed by atoms with Gasteiger partial charge in [-0.2, -0.15) is 0 Å². The molecular weight excluding hydrogens is 248 g/mol. The summed E-state index contributed by atoms with van der Waals surface area (Å²) in [7, 11) is 1.61. The molecule has 0 bridgehead atoms. The number of rotatable bonds is 4. The fourth-order valence-corrected chi connectivity index (χ4v) is 2.92. The number of carbonyl (C=O) groups excluding carboxylic acids is 1. The third kappa shape index (κ3) is 2.22. The molecule has 0 heterocycles. The van der Waals surface area contributed by atoms with Gasteiger partial charge in [-0.3, -0.25) is 4.79 Å². The number of aryl methyl sites for hydroxylation is 1. The van der Waals surface area contributed by atoms with Crippen LogP contribution < -0.4 is 4.74 Å². The van der Waals surface area contributed by atoms with E-state index in [9.17, 15) is 4.79 Å². The normalized spacial score (nSPS) is 16.2. The predicted molar refractivity (Wildman–Crippen MR) is 79.6 cm³/mol. The molecule has 1 unspecified atom stereocenters. The van der Waals surface area contributed by atoms with Gasteiger partial charge >= 0.3 is 0 Å². The monoisotopic (exact) mass is 266 g/mol. The summed E-state index contributed by atoms with van der Waals surface area (Å²) in [5.74, 6) is 1.21. The first-order valence-corrected chi connectivity index (χ1v) is 6.94. The van der Waals surface area contributed by atoms with Crippen LogP contribution in [0.2, 0.25) is 0 Å². The lowest BCUT2D eigenvalue weighted by Crippen LogP contribution is -2.20. The van der Waals surface area contributed by atoms with E-state index in [1.165, 1.54) is 11.1 Å². The largest absolute Gasteiger partial charge is 0.496 e. The first-order chi connectivity index (χ1) is 9.69. The molecule has 2 aromatic carbocycles. The van der Waals surface area contributed by atoms with E-state index in [0.717, 1.165) is 12.0 Å². The van der Waals surface area contributed by atoms with Crippen LogP contribution in [0.15, 0.2) is 42.5 Å². The van der Waals surface area contributed by atoms with E-state index in [0.29, 0.717) is 23.7 Å². The number of methoxy groups -OCH3 is 1. The topological polar surface area (TPSA) is 26.3 Å².